The molecule has 0 saturated carbocycles. The molecule has 6 nitrogen and oxygen atoms in total. The van der Waals surface area contributed by atoms with E-state index in [1.165, 1.54) is 30.2 Å². The topological polar surface area (TPSA) is 84.5 Å². The fraction of sp³-hybridized carbons (Fsp3) is 0.381. The predicted octanol–water partition coefficient (Wildman–Crippen LogP) is 4.10. The van der Waals surface area contributed by atoms with Crippen molar-refractivity contribution in [1.82, 2.24) is 0 Å². The molecule has 2 amide bonds. The summed E-state index contributed by atoms with van der Waals surface area (Å²) >= 11 is 2.84. The van der Waals surface area contributed by atoms with Gasteiger partial charge in [0.15, 0.2) is 0 Å². The summed E-state index contributed by atoms with van der Waals surface area (Å²) in [5.74, 6) is -1.46. The van der Waals surface area contributed by atoms with Crippen LogP contribution >= 0.6 is 23.1 Å². The molecule has 1 aromatic heterocycles. The molecule has 0 bridgehead atoms. The molecule has 0 saturated heterocycles. The first-order chi connectivity index (χ1) is 14.0. The zero-order chi connectivity index (χ0) is 20.5. The van der Waals surface area contributed by atoms with E-state index in [-0.39, 0.29) is 11.8 Å². The number of thiophene rings is 1. The Balaban J connectivity index is 1.56. The zero-order valence-electron chi connectivity index (χ0n) is 16.2. The van der Waals surface area contributed by atoms with Gasteiger partial charge in [-0.2, -0.15) is 0 Å². The first-order valence-electron chi connectivity index (χ1n) is 9.60. The van der Waals surface area contributed by atoms with Crippen LogP contribution in [0.1, 0.15) is 40.6 Å². The van der Waals surface area contributed by atoms with Crippen molar-refractivity contribution in [2.24, 2.45) is 5.92 Å². The summed E-state index contributed by atoms with van der Waals surface area (Å²) in [6.07, 6.45) is 3.83. The molecular weight excluding hydrogens is 408 g/mol. The van der Waals surface area contributed by atoms with E-state index in [9.17, 15) is 14.4 Å². The lowest BCUT2D eigenvalue weighted by atomic mass is 9.95. The maximum absolute atomic E-state index is 13.0. The molecule has 2 atom stereocenters. The van der Waals surface area contributed by atoms with E-state index in [4.69, 9.17) is 4.74 Å². The highest BCUT2D eigenvalue weighted by atomic mass is 32.2. The first kappa shape index (κ1) is 20.0. The van der Waals surface area contributed by atoms with Crippen LogP contribution < -0.4 is 10.6 Å². The van der Waals surface area contributed by atoms with Crippen LogP contribution in [0.2, 0.25) is 0 Å². The van der Waals surface area contributed by atoms with Gasteiger partial charge in [0.2, 0.25) is 11.8 Å². The number of methoxy groups -OCH3 is 1. The van der Waals surface area contributed by atoms with Crippen LogP contribution in [0.4, 0.5) is 10.7 Å². The van der Waals surface area contributed by atoms with Crippen molar-refractivity contribution in [3.8, 4) is 0 Å². The van der Waals surface area contributed by atoms with Crippen molar-refractivity contribution in [2.45, 2.75) is 42.8 Å². The first-order valence-corrected chi connectivity index (χ1v) is 11.3. The van der Waals surface area contributed by atoms with E-state index >= 15 is 0 Å². The second-order valence-electron chi connectivity index (χ2n) is 7.21. The van der Waals surface area contributed by atoms with Crippen LogP contribution in [0.3, 0.4) is 0 Å². The van der Waals surface area contributed by atoms with E-state index in [0.717, 1.165) is 46.7 Å². The van der Waals surface area contributed by atoms with Gasteiger partial charge in [-0.15, -0.1) is 23.1 Å². The lowest BCUT2D eigenvalue weighted by molar-refractivity contribution is -0.123. The van der Waals surface area contributed by atoms with Crippen LogP contribution in [-0.4, -0.2) is 30.1 Å². The number of hydrogen-bond donors (Lipinski definition) is 2. The third kappa shape index (κ3) is 3.79. The maximum Gasteiger partial charge on any atom is 0.341 e. The monoisotopic (exact) mass is 430 g/mol. The number of fused-ring (bicyclic) bond motifs is 2. The lowest BCUT2D eigenvalue weighted by Crippen LogP contribution is -2.39. The fourth-order valence-corrected chi connectivity index (χ4v) is 6.18. The molecule has 2 heterocycles. The fourth-order valence-electron chi connectivity index (χ4n) is 3.73. The molecule has 2 aliphatic rings. The molecule has 8 heteroatoms. The van der Waals surface area contributed by atoms with Crippen LogP contribution in [0, 0.1) is 5.92 Å². The summed E-state index contributed by atoms with van der Waals surface area (Å²) in [6, 6.07) is 7.55. The van der Waals surface area contributed by atoms with Gasteiger partial charge in [0.1, 0.15) is 5.00 Å². The number of amides is 2. The lowest BCUT2D eigenvalue weighted by Gasteiger charge is -2.27. The molecule has 1 aromatic carbocycles. The third-order valence-corrected chi connectivity index (χ3v) is 8.02. The Kier molecular flexibility index (Phi) is 5.65. The van der Waals surface area contributed by atoms with Gasteiger partial charge in [0.05, 0.1) is 29.5 Å². The maximum atomic E-state index is 13.0. The van der Waals surface area contributed by atoms with Crippen molar-refractivity contribution in [2.75, 3.05) is 17.7 Å². The number of rotatable bonds is 4. The minimum atomic E-state index is -0.571. The highest BCUT2D eigenvalue weighted by Gasteiger charge is 2.36. The van der Waals surface area contributed by atoms with Crippen molar-refractivity contribution >= 4 is 51.6 Å². The third-order valence-electron chi connectivity index (χ3n) is 5.32. The summed E-state index contributed by atoms with van der Waals surface area (Å²) in [5, 5.41) is 5.78. The van der Waals surface area contributed by atoms with Gasteiger partial charge >= 0.3 is 5.97 Å². The van der Waals surface area contributed by atoms with Gasteiger partial charge in [-0.3, -0.25) is 9.59 Å². The Morgan fingerprint density at radius 1 is 1.24 bits per heavy atom. The number of benzene rings is 1. The summed E-state index contributed by atoms with van der Waals surface area (Å²) in [7, 11) is 1.35. The van der Waals surface area contributed by atoms with Crippen LogP contribution in [-0.2, 0) is 27.2 Å². The van der Waals surface area contributed by atoms with Crippen molar-refractivity contribution < 1.29 is 19.1 Å². The van der Waals surface area contributed by atoms with Crippen LogP contribution in [0.5, 0.6) is 0 Å². The van der Waals surface area contributed by atoms with Crippen molar-refractivity contribution in [1.29, 1.82) is 0 Å². The quantitative estimate of drug-likeness (QED) is 0.714. The number of esters is 1. The smallest absolute Gasteiger partial charge is 0.341 e. The van der Waals surface area contributed by atoms with Gasteiger partial charge in [-0.25, -0.2) is 4.79 Å². The standard InChI is InChI=1S/C21H22N2O4S2/c1-11(17-19(25)22-13-8-4-6-10-15(13)28-17)18(24)23-20-16(21(26)27-2)12-7-3-5-9-14(12)29-20/h4,6,8,10-11,17H,3,5,7,9H2,1-2H3,(H,22,25)(H,23,24). The van der Waals surface area contributed by atoms with E-state index in [2.05, 4.69) is 10.6 Å². The summed E-state index contributed by atoms with van der Waals surface area (Å²) in [6.45, 7) is 1.74. The largest absolute Gasteiger partial charge is 0.465 e. The molecule has 1 aliphatic carbocycles. The molecule has 2 unspecified atom stereocenters. The number of hydrogen-bond acceptors (Lipinski definition) is 6. The highest BCUT2D eigenvalue weighted by Crippen LogP contribution is 2.41. The zero-order valence-corrected chi connectivity index (χ0v) is 17.9. The number of nitrogens with one attached hydrogen (secondary N) is 2. The Morgan fingerprint density at radius 3 is 2.79 bits per heavy atom. The van der Waals surface area contributed by atoms with Gasteiger partial charge in [0, 0.05) is 9.77 Å². The molecule has 0 spiro atoms. The van der Waals surface area contributed by atoms with Crippen LogP contribution in [0.15, 0.2) is 29.2 Å². The van der Waals surface area contributed by atoms with E-state index in [0.29, 0.717) is 10.6 Å². The molecule has 4 rings (SSSR count). The Bertz CT molecular complexity index is 985. The highest BCUT2D eigenvalue weighted by molar-refractivity contribution is 8.01. The normalized spacial score (nSPS) is 18.8. The molecule has 1 aliphatic heterocycles. The van der Waals surface area contributed by atoms with E-state index in [1.54, 1.807) is 6.92 Å². The number of ether oxygens (including phenoxy) is 1. The van der Waals surface area contributed by atoms with Gasteiger partial charge in [0.25, 0.3) is 0 Å². The average molecular weight is 431 g/mol. The number of thioether (sulfide) groups is 1. The summed E-state index contributed by atoms with van der Waals surface area (Å²) < 4.78 is 4.96. The van der Waals surface area contributed by atoms with Gasteiger partial charge < -0.3 is 15.4 Å². The van der Waals surface area contributed by atoms with Crippen molar-refractivity contribution in [3.63, 3.8) is 0 Å². The molecule has 29 heavy (non-hydrogen) atoms. The molecule has 2 aromatic rings. The Hall–Kier alpha value is -2.32. The number of aryl methyl sites for hydroxylation is 1. The second-order valence-corrected chi connectivity index (χ2v) is 9.50. The van der Waals surface area contributed by atoms with E-state index < -0.39 is 17.1 Å². The van der Waals surface area contributed by atoms with Gasteiger partial charge in [-0.05, 0) is 43.4 Å². The van der Waals surface area contributed by atoms with Crippen LogP contribution in [0.25, 0.3) is 0 Å². The Morgan fingerprint density at radius 2 is 2.00 bits per heavy atom. The number of anilines is 2. The van der Waals surface area contributed by atoms with Gasteiger partial charge in [-0.1, -0.05) is 19.1 Å². The average Bonchev–Trinajstić information content (AvgIpc) is 3.09. The number of carbonyl (C=O) groups is 3. The molecule has 0 radical (unpaired) electrons. The van der Waals surface area contributed by atoms with Crippen molar-refractivity contribution in [3.05, 3.63) is 40.3 Å². The molecule has 2 N–H and O–H groups in total. The number of carbonyl (C=O) groups excluding carboxylic acids is 3. The minimum Gasteiger partial charge on any atom is -0.465 e. The number of para-hydroxylation sites is 1. The molecular formula is C21H22N2O4S2. The molecule has 0 fully saturated rings. The SMILES string of the molecule is COC(=O)c1c(NC(=O)C(C)C2Sc3ccccc3NC2=O)sc2c1CCCC2. The summed E-state index contributed by atoms with van der Waals surface area (Å²) in [4.78, 5) is 40.0. The summed E-state index contributed by atoms with van der Waals surface area (Å²) in [5.41, 5.74) is 2.24. The molecule has 152 valence electrons. The minimum absolute atomic E-state index is 0.185. The predicted molar refractivity (Wildman–Crippen MR) is 115 cm³/mol. The second kappa shape index (κ2) is 8.20. The van der Waals surface area contributed by atoms with E-state index in [1.807, 2.05) is 24.3 Å². The Labute approximate surface area is 177 Å².